The molecule has 7 aromatic carbocycles. The van der Waals surface area contributed by atoms with Crippen LogP contribution in [-0.2, 0) is 10.8 Å². The van der Waals surface area contributed by atoms with Gasteiger partial charge in [0.15, 0.2) is 17.5 Å². The molecule has 0 N–H and O–H groups in total. The number of nitrogens with zero attached hydrogens (tertiary/aromatic N) is 4. The fourth-order valence-electron chi connectivity index (χ4n) is 8.62. The van der Waals surface area contributed by atoms with Crippen molar-refractivity contribution in [2.45, 2.75) is 38.5 Å². The Morgan fingerprint density at radius 2 is 0.943 bits per heavy atom. The highest BCUT2D eigenvalue weighted by atomic mass is 15.0. The molecular weight excluding hydrogens is 645 g/mol. The molecule has 0 saturated carbocycles. The van der Waals surface area contributed by atoms with Gasteiger partial charge in [0, 0.05) is 38.4 Å². The minimum atomic E-state index is -0.107. The Kier molecular flexibility index (Phi) is 6.84. The summed E-state index contributed by atoms with van der Waals surface area (Å²) < 4.78 is 2.51. The lowest BCUT2D eigenvalue weighted by Crippen LogP contribution is -2.43. The summed E-state index contributed by atoms with van der Waals surface area (Å²) in [6, 6.07) is 56.1. The van der Waals surface area contributed by atoms with Gasteiger partial charge in [-0.25, -0.2) is 15.0 Å². The zero-order chi connectivity index (χ0) is 35.9. The molecule has 4 nitrogen and oxygen atoms in total. The minimum Gasteiger partial charge on any atom is -0.308 e. The molecule has 0 unspecified atom stereocenters. The van der Waals surface area contributed by atoms with Crippen LogP contribution in [-0.4, -0.2) is 19.5 Å². The fraction of sp³-hybridized carbons (Fsp3) is 0.122. The predicted octanol–water partition coefficient (Wildman–Crippen LogP) is 12.4. The van der Waals surface area contributed by atoms with Gasteiger partial charge in [0.1, 0.15) is 0 Å². The van der Waals surface area contributed by atoms with Crippen molar-refractivity contribution in [2.75, 3.05) is 0 Å². The monoisotopic (exact) mass is 682 g/mol. The topological polar surface area (TPSA) is 43.6 Å². The lowest BCUT2D eigenvalue weighted by atomic mass is 9.55. The molecule has 0 atom stereocenters. The van der Waals surface area contributed by atoms with Crippen LogP contribution in [0, 0.1) is 0 Å². The molecule has 254 valence electrons. The molecule has 0 amide bonds. The zero-order valence-electron chi connectivity index (χ0n) is 30.3. The summed E-state index contributed by atoms with van der Waals surface area (Å²) in [4.78, 5) is 15.2. The second kappa shape index (κ2) is 11.6. The number of hydrogen-bond donors (Lipinski definition) is 0. The number of para-hydroxylation sites is 1. The quantitative estimate of drug-likeness (QED) is 0.186. The molecule has 1 aliphatic rings. The van der Waals surface area contributed by atoms with Gasteiger partial charge in [-0.3, -0.25) is 0 Å². The van der Waals surface area contributed by atoms with Gasteiger partial charge in [-0.2, -0.15) is 0 Å². The van der Waals surface area contributed by atoms with Crippen molar-refractivity contribution < 1.29 is 0 Å². The Morgan fingerprint density at radius 3 is 1.64 bits per heavy atom. The molecule has 4 heteroatoms. The average molecular weight is 683 g/mol. The summed E-state index contributed by atoms with van der Waals surface area (Å²) in [5.74, 6) is 1.96. The first-order chi connectivity index (χ1) is 25.8. The van der Waals surface area contributed by atoms with Gasteiger partial charge in [0.2, 0.25) is 0 Å². The number of hydrogen-bond acceptors (Lipinski definition) is 3. The average Bonchev–Trinajstić information content (AvgIpc) is 3.54. The van der Waals surface area contributed by atoms with Crippen molar-refractivity contribution in [1.29, 1.82) is 0 Å². The maximum atomic E-state index is 5.12. The number of fused-ring (bicyclic) bond motifs is 8. The van der Waals surface area contributed by atoms with Gasteiger partial charge in [-0.05, 0) is 51.1 Å². The standard InChI is InChI=1S/C49H38N4/c1-48(2)39-25-15-13-24-38(39)43-40(49(48,3)4)29-27-36-35-23-14-16-26-41(35)53(44(36)43)42-30-28-37(33-21-11-12-22-34(33)42)47-51-45(31-17-7-5-8-18-31)50-46(52-47)32-19-9-6-10-20-32/h5-30H,1-4H3. The maximum absolute atomic E-state index is 5.12. The van der Waals surface area contributed by atoms with Gasteiger partial charge in [-0.15, -0.1) is 0 Å². The third kappa shape index (κ3) is 4.58. The number of benzene rings is 7. The van der Waals surface area contributed by atoms with E-state index in [1.165, 1.54) is 44.1 Å². The van der Waals surface area contributed by atoms with Crippen molar-refractivity contribution >= 4 is 32.6 Å². The molecule has 0 spiro atoms. The molecule has 1 aliphatic carbocycles. The number of aromatic nitrogens is 4. The van der Waals surface area contributed by atoms with Crippen LogP contribution in [0.1, 0.15) is 38.8 Å². The second-order valence-corrected chi connectivity index (χ2v) is 15.2. The molecule has 10 rings (SSSR count). The van der Waals surface area contributed by atoms with E-state index in [-0.39, 0.29) is 10.8 Å². The van der Waals surface area contributed by atoms with Gasteiger partial charge in [0.05, 0.1) is 16.7 Å². The van der Waals surface area contributed by atoms with Crippen LogP contribution in [0.25, 0.3) is 83.6 Å². The first kappa shape index (κ1) is 31.4. The van der Waals surface area contributed by atoms with E-state index in [4.69, 9.17) is 15.0 Å². The van der Waals surface area contributed by atoms with Crippen molar-refractivity contribution in [1.82, 2.24) is 19.5 Å². The van der Waals surface area contributed by atoms with Gasteiger partial charge in [-0.1, -0.05) is 167 Å². The van der Waals surface area contributed by atoms with Crippen LogP contribution in [0.3, 0.4) is 0 Å². The van der Waals surface area contributed by atoms with E-state index in [1.807, 2.05) is 36.4 Å². The fourth-order valence-corrected chi connectivity index (χ4v) is 8.62. The summed E-state index contributed by atoms with van der Waals surface area (Å²) in [5.41, 5.74) is 11.7. The molecule has 9 aromatic rings. The highest BCUT2D eigenvalue weighted by molar-refractivity contribution is 6.16. The van der Waals surface area contributed by atoms with Crippen molar-refractivity contribution in [3.8, 4) is 51.0 Å². The lowest BCUT2D eigenvalue weighted by Gasteiger charge is -2.48. The van der Waals surface area contributed by atoms with E-state index in [0.717, 1.165) is 33.2 Å². The highest BCUT2D eigenvalue weighted by Gasteiger charge is 2.46. The molecule has 2 heterocycles. The molecule has 0 aliphatic heterocycles. The predicted molar refractivity (Wildman–Crippen MR) is 219 cm³/mol. The lowest BCUT2D eigenvalue weighted by molar-refractivity contribution is 0.299. The van der Waals surface area contributed by atoms with Gasteiger partial charge < -0.3 is 4.57 Å². The number of rotatable bonds is 4. The summed E-state index contributed by atoms with van der Waals surface area (Å²) in [5, 5.41) is 4.73. The van der Waals surface area contributed by atoms with E-state index in [9.17, 15) is 0 Å². The third-order valence-electron chi connectivity index (χ3n) is 12.0. The minimum absolute atomic E-state index is 0.0583. The van der Waals surface area contributed by atoms with E-state index in [1.54, 1.807) is 0 Å². The highest BCUT2D eigenvalue weighted by Crippen LogP contribution is 2.56. The Balaban J connectivity index is 1.28. The van der Waals surface area contributed by atoms with Crippen molar-refractivity contribution in [2.24, 2.45) is 0 Å². The SMILES string of the molecule is CC1(C)c2ccccc2-c2c(ccc3c4ccccc4n(-c4ccc(-c5nc(-c6ccccc6)nc(-c6ccccc6)n5)c5ccccc45)c23)C1(C)C. The molecule has 0 bridgehead atoms. The van der Waals surface area contributed by atoms with Crippen LogP contribution in [0.2, 0.25) is 0 Å². The summed E-state index contributed by atoms with van der Waals surface area (Å²) in [6.07, 6.45) is 0. The Hall–Kier alpha value is -6.39. The van der Waals surface area contributed by atoms with Crippen LogP contribution in [0.15, 0.2) is 158 Å². The van der Waals surface area contributed by atoms with Gasteiger partial charge >= 0.3 is 0 Å². The van der Waals surface area contributed by atoms with Gasteiger partial charge in [0.25, 0.3) is 0 Å². The van der Waals surface area contributed by atoms with Crippen molar-refractivity contribution in [3.05, 3.63) is 169 Å². The molecule has 2 aromatic heterocycles. The normalized spacial score (nSPS) is 14.3. The Labute approximate surface area is 309 Å². The Bertz CT molecular complexity index is 2820. The molecule has 0 radical (unpaired) electrons. The third-order valence-corrected chi connectivity index (χ3v) is 12.0. The van der Waals surface area contributed by atoms with E-state index < -0.39 is 0 Å². The van der Waals surface area contributed by atoms with Crippen LogP contribution in [0.5, 0.6) is 0 Å². The molecule has 53 heavy (non-hydrogen) atoms. The summed E-state index contributed by atoms with van der Waals surface area (Å²) in [6.45, 7) is 9.61. The summed E-state index contributed by atoms with van der Waals surface area (Å²) >= 11 is 0. The summed E-state index contributed by atoms with van der Waals surface area (Å²) in [7, 11) is 0. The van der Waals surface area contributed by atoms with Crippen molar-refractivity contribution in [3.63, 3.8) is 0 Å². The Morgan fingerprint density at radius 1 is 0.396 bits per heavy atom. The first-order valence-electron chi connectivity index (χ1n) is 18.4. The first-order valence-corrected chi connectivity index (χ1v) is 18.4. The van der Waals surface area contributed by atoms with Crippen LogP contribution >= 0.6 is 0 Å². The van der Waals surface area contributed by atoms with E-state index in [0.29, 0.717) is 17.5 Å². The van der Waals surface area contributed by atoms with E-state index >= 15 is 0 Å². The van der Waals surface area contributed by atoms with E-state index in [2.05, 4.69) is 154 Å². The molecule has 0 fully saturated rings. The molecular formula is C49H38N4. The smallest absolute Gasteiger partial charge is 0.164 e. The van der Waals surface area contributed by atoms with Crippen LogP contribution < -0.4 is 0 Å². The zero-order valence-corrected chi connectivity index (χ0v) is 30.3. The second-order valence-electron chi connectivity index (χ2n) is 15.2. The maximum Gasteiger partial charge on any atom is 0.164 e. The van der Waals surface area contributed by atoms with Crippen LogP contribution in [0.4, 0.5) is 0 Å². The molecule has 0 saturated heterocycles. The largest absolute Gasteiger partial charge is 0.308 e.